The first-order valence-electron chi connectivity index (χ1n) is 8.41. The number of ether oxygens (including phenoxy) is 3. The fourth-order valence-electron chi connectivity index (χ4n) is 2.98. The lowest BCUT2D eigenvalue weighted by Crippen LogP contribution is -2.14. The summed E-state index contributed by atoms with van der Waals surface area (Å²) in [4.78, 5) is 16.4. The fraction of sp³-hybridized carbons (Fsp3) is 0.143. The molecule has 1 aromatic heterocycles. The van der Waals surface area contributed by atoms with Crippen LogP contribution in [0.2, 0.25) is 0 Å². The number of halogens is 1. The van der Waals surface area contributed by atoms with E-state index in [9.17, 15) is 9.18 Å². The van der Waals surface area contributed by atoms with Crippen LogP contribution >= 0.6 is 0 Å². The zero-order valence-electron chi connectivity index (χ0n) is 14.4. The van der Waals surface area contributed by atoms with Crippen LogP contribution in [0.4, 0.5) is 4.39 Å². The lowest BCUT2D eigenvalue weighted by atomic mass is 10.1. The smallest absolute Gasteiger partial charge is 0.331 e. The third kappa shape index (κ3) is 3.80. The second kappa shape index (κ2) is 7.55. The fourth-order valence-corrected chi connectivity index (χ4v) is 2.98. The van der Waals surface area contributed by atoms with Crippen LogP contribution in [-0.2, 0) is 27.5 Å². The Labute approximate surface area is 155 Å². The lowest BCUT2D eigenvalue weighted by Gasteiger charge is -2.20. The Morgan fingerprint density at radius 3 is 3.07 bits per heavy atom. The summed E-state index contributed by atoms with van der Waals surface area (Å²) < 4.78 is 29.5. The molecule has 2 heterocycles. The van der Waals surface area contributed by atoms with Gasteiger partial charge in [0, 0.05) is 34.3 Å². The van der Waals surface area contributed by atoms with Crippen LogP contribution < -0.4 is 4.74 Å². The zero-order valence-corrected chi connectivity index (χ0v) is 14.4. The van der Waals surface area contributed by atoms with Gasteiger partial charge in [-0.1, -0.05) is 24.3 Å². The summed E-state index contributed by atoms with van der Waals surface area (Å²) >= 11 is 0. The van der Waals surface area contributed by atoms with Crippen LogP contribution in [0.1, 0.15) is 16.7 Å². The van der Waals surface area contributed by atoms with Crippen molar-refractivity contribution in [1.29, 1.82) is 0 Å². The molecule has 0 radical (unpaired) electrons. The van der Waals surface area contributed by atoms with Crippen LogP contribution in [0.3, 0.4) is 0 Å². The maximum atomic E-state index is 13.7. The van der Waals surface area contributed by atoms with Gasteiger partial charge in [-0.3, -0.25) is 4.98 Å². The molecule has 1 aliphatic rings. The van der Waals surface area contributed by atoms with Crippen molar-refractivity contribution in [2.24, 2.45) is 0 Å². The van der Waals surface area contributed by atoms with Crippen molar-refractivity contribution < 1.29 is 23.4 Å². The molecule has 0 unspecified atom stereocenters. The predicted molar refractivity (Wildman–Crippen MR) is 97.3 cm³/mol. The van der Waals surface area contributed by atoms with Gasteiger partial charge in [-0.25, -0.2) is 9.18 Å². The molecule has 0 saturated carbocycles. The van der Waals surface area contributed by atoms with Gasteiger partial charge in [-0.15, -0.1) is 0 Å². The Hall–Kier alpha value is -3.25. The van der Waals surface area contributed by atoms with Gasteiger partial charge in [0.2, 0.25) is 0 Å². The Morgan fingerprint density at radius 2 is 2.15 bits per heavy atom. The molecular weight excluding hydrogens is 349 g/mol. The number of para-hydroxylation sites is 1. The van der Waals surface area contributed by atoms with E-state index in [0.29, 0.717) is 16.9 Å². The van der Waals surface area contributed by atoms with Crippen molar-refractivity contribution in [3.63, 3.8) is 0 Å². The summed E-state index contributed by atoms with van der Waals surface area (Å²) in [6, 6.07) is 12.2. The summed E-state index contributed by atoms with van der Waals surface area (Å²) in [6.45, 7) is 0.270. The maximum Gasteiger partial charge on any atom is 0.331 e. The number of rotatable bonds is 4. The molecule has 0 fully saturated rings. The molecule has 0 N–H and O–H groups in total. The van der Waals surface area contributed by atoms with E-state index in [1.807, 2.05) is 30.3 Å². The van der Waals surface area contributed by atoms with Gasteiger partial charge in [-0.05, 0) is 24.3 Å². The Morgan fingerprint density at radius 1 is 1.26 bits per heavy atom. The minimum absolute atomic E-state index is 0.0863. The summed E-state index contributed by atoms with van der Waals surface area (Å²) in [6.07, 6.45) is 4.69. The quantitative estimate of drug-likeness (QED) is 0.517. The number of esters is 1. The second-order valence-electron chi connectivity index (χ2n) is 6.03. The van der Waals surface area contributed by atoms with Crippen LogP contribution in [-0.4, -0.2) is 17.7 Å². The highest BCUT2D eigenvalue weighted by Crippen LogP contribution is 2.30. The third-order valence-electron chi connectivity index (χ3n) is 4.18. The highest BCUT2D eigenvalue weighted by atomic mass is 19.1. The number of aromatic nitrogens is 1. The van der Waals surface area contributed by atoms with Crippen molar-refractivity contribution in [3.05, 3.63) is 77.2 Å². The molecule has 0 amide bonds. The molecule has 4 rings (SSSR count). The summed E-state index contributed by atoms with van der Waals surface area (Å²) in [5.41, 5.74) is 2.69. The van der Waals surface area contributed by atoms with E-state index < -0.39 is 11.8 Å². The molecule has 0 saturated heterocycles. The molecule has 27 heavy (non-hydrogen) atoms. The van der Waals surface area contributed by atoms with Crippen LogP contribution in [0, 0.1) is 5.82 Å². The van der Waals surface area contributed by atoms with Gasteiger partial charge in [0.25, 0.3) is 0 Å². The van der Waals surface area contributed by atoms with Gasteiger partial charge in [0.05, 0.1) is 12.1 Å². The Bertz CT molecular complexity index is 1030. The van der Waals surface area contributed by atoms with E-state index >= 15 is 0 Å². The first-order chi connectivity index (χ1) is 13.2. The minimum Gasteiger partial charge on any atom is -0.467 e. The average molecular weight is 365 g/mol. The van der Waals surface area contributed by atoms with Crippen molar-refractivity contribution >= 4 is 22.9 Å². The third-order valence-corrected chi connectivity index (χ3v) is 4.18. The topological polar surface area (TPSA) is 57.7 Å². The Kier molecular flexibility index (Phi) is 4.80. The number of carbonyl (C=O) groups is 1. The van der Waals surface area contributed by atoms with Crippen LogP contribution in [0.15, 0.2) is 54.7 Å². The van der Waals surface area contributed by atoms with Crippen LogP contribution in [0.5, 0.6) is 5.75 Å². The van der Waals surface area contributed by atoms with Crippen molar-refractivity contribution in [3.8, 4) is 5.75 Å². The van der Waals surface area contributed by atoms with Gasteiger partial charge >= 0.3 is 5.97 Å². The van der Waals surface area contributed by atoms with Gasteiger partial charge < -0.3 is 14.2 Å². The number of hydrogen-bond acceptors (Lipinski definition) is 5. The molecule has 0 bridgehead atoms. The average Bonchev–Trinajstić information content (AvgIpc) is 2.70. The SMILES string of the molecule is O=C(/C=C/c1cccc2cccnc12)OCc1cc(F)cc2c1OCOC2. The van der Waals surface area contributed by atoms with E-state index in [1.165, 1.54) is 18.2 Å². The molecule has 1 aliphatic heterocycles. The highest BCUT2D eigenvalue weighted by Gasteiger charge is 2.17. The van der Waals surface area contributed by atoms with E-state index in [4.69, 9.17) is 14.2 Å². The largest absolute Gasteiger partial charge is 0.467 e. The Balaban J connectivity index is 1.47. The van der Waals surface area contributed by atoms with E-state index in [1.54, 1.807) is 12.3 Å². The molecule has 5 nitrogen and oxygen atoms in total. The summed E-state index contributed by atoms with van der Waals surface area (Å²) in [5, 5.41) is 0.985. The normalized spacial score (nSPS) is 13.4. The molecule has 3 aromatic rings. The number of pyridine rings is 1. The summed E-state index contributed by atoms with van der Waals surface area (Å²) in [5.74, 6) is -0.447. The first-order valence-corrected chi connectivity index (χ1v) is 8.41. The predicted octanol–water partition coefficient (Wildman–Crippen LogP) is 4.00. The molecule has 6 heteroatoms. The van der Waals surface area contributed by atoms with Gasteiger partial charge in [0.15, 0.2) is 6.79 Å². The standard InChI is InChI=1S/C21H16FNO4/c22-18-9-16-11-25-13-27-21(16)17(10-18)12-26-19(24)7-6-15-4-1-3-14-5-2-8-23-20(14)15/h1-10H,11-13H2/b7-6+. The number of hydrogen-bond donors (Lipinski definition) is 0. The molecular formula is C21H16FNO4. The lowest BCUT2D eigenvalue weighted by molar-refractivity contribution is -0.139. The van der Waals surface area contributed by atoms with E-state index in [2.05, 4.69) is 4.98 Å². The minimum atomic E-state index is -0.534. The molecule has 0 aliphatic carbocycles. The molecule has 2 aromatic carbocycles. The van der Waals surface area contributed by atoms with Crippen LogP contribution in [0.25, 0.3) is 17.0 Å². The van der Waals surface area contributed by atoms with E-state index in [0.717, 1.165) is 16.5 Å². The molecule has 0 spiro atoms. The van der Waals surface area contributed by atoms with Crippen molar-refractivity contribution in [2.75, 3.05) is 6.79 Å². The van der Waals surface area contributed by atoms with E-state index in [-0.39, 0.29) is 20.0 Å². The second-order valence-corrected chi connectivity index (χ2v) is 6.03. The van der Waals surface area contributed by atoms with Crippen molar-refractivity contribution in [1.82, 2.24) is 4.98 Å². The van der Waals surface area contributed by atoms with Crippen molar-refractivity contribution in [2.45, 2.75) is 13.2 Å². The number of nitrogens with zero attached hydrogens (tertiary/aromatic N) is 1. The number of carbonyl (C=O) groups excluding carboxylic acids is 1. The molecule has 0 atom stereocenters. The highest BCUT2D eigenvalue weighted by molar-refractivity contribution is 5.92. The maximum absolute atomic E-state index is 13.7. The summed E-state index contributed by atoms with van der Waals surface area (Å²) in [7, 11) is 0. The zero-order chi connectivity index (χ0) is 18.6. The number of fused-ring (bicyclic) bond motifs is 2. The number of benzene rings is 2. The van der Waals surface area contributed by atoms with Gasteiger partial charge in [0.1, 0.15) is 18.2 Å². The van der Waals surface area contributed by atoms with Gasteiger partial charge in [-0.2, -0.15) is 0 Å². The monoisotopic (exact) mass is 365 g/mol. The first kappa shape index (κ1) is 17.2. The molecule has 136 valence electrons.